The fourth-order valence-corrected chi connectivity index (χ4v) is 3.58. The van der Waals surface area contributed by atoms with Crippen LogP contribution >= 0.6 is 33.9 Å². The molecule has 6 nitrogen and oxygen atoms in total. The molecule has 3 heterocycles. The van der Waals surface area contributed by atoms with Crippen molar-refractivity contribution in [3.8, 4) is 11.3 Å². The second kappa shape index (κ2) is 6.52. The van der Waals surface area contributed by atoms with Crippen molar-refractivity contribution in [2.24, 2.45) is 0 Å². The van der Waals surface area contributed by atoms with Crippen LogP contribution in [0.3, 0.4) is 0 Å². The molecule has 8 heteroatoms. The Kier molecular flexibility index (Phi) is 4.22. The predicted molar refractivity (Wildman–Crippen MR) is 106 cm³/mol. The topological polar surface area (TPSA) is 72.2 Å². The van der Waals surface area contributed by atoms with Crippen LogP contribution in [0.5, 0.6) is 0 Å². The Hall–Kier alpha value is -2.33. The van der Waals surface area contributed by atoms with Crippen molar-refractivity contribution >= 4 is 50.6 Å². The summed E-state index contributed by atoms with van der Waals surface area (Å²) in [5.41, 5.74) is 3.49. The van der Waals surface area contributed by atoms with Crippen LogP contribution in [0.15, 0.2) is 48.1 Å². The number of anilines is 1. The molecule has 25 heavy (non-hydrogen) atoms. The van der Waals surface area contributed by atoms with E-state index in [9.17, 15) is 4.79 Å². The van der Waals surface area contributed by atoms with E-state index in [-0.39, 0.29) is 5.91 Å². The van der Waals surface area contributed by atoms with Crippen molar-refractivity contribution in [3.63, 3.8) is 0 Å². The normalized spacial score (nSPS) is 11.0. The fraction of sp³-hybridized carbons (Fsp3) is 0.0588. The molecule has 0 spiro atoms. The summed E-state index contributed by atoms with van der Waals surface area (Å²) in [5, 5.41) is 9.64. The number of fused-ring (bicyclic) bond motifs is 1. The molecule has 3 aromatic heterocycles. The van der Waals surface area contributed by atoms with Crippen molar-refractivity contribution in [3.05, 3.63) is 62.9 Å². The fourth-order valence-electron chi connectivity index (χ4n) is 2.51. The summed E-state index contributed by atoms with van der Waals surface area (Å²) in [6.45, 7) is 1.79. The van der Waals surface area contributed by atoms with Crippen LogP contribution in [0.1, 0.15) is 16.1 Å². The monoisotopic (exact) mass is 461 g/mol. The average Bonchev–Trinajstić information content (AvgIpc) is 3.18. The number of nitrogens with one attached hydrogen (secondary N) is 1. The van der Waals surface area contributed by atoms with Gasteiger partial charge in [0.05, 0.1) is 11.4 Å². The van der Waals surface area contributed by atoms with Gasteiger partial charge in [-0.3, -0.25) is 10.1 Å². The number of halogens is 1. The van der Waals surface area contributed by atoms with Crippen molar-refractivity contribution < 1.29 is 4.79 Å². The van der Waals surface area contributed by atoms with Gasteiger partial charge >= 0.3 is 0 Å². The van der Waals surface area contributed by atoms with Gasteiger partial charge in [-0.15, -0.1) is 11.3 Å². The lowest BCUT2D eigenvalue weighted by Gasteiger charge is -2.01. The summed E-state index contributed by atoms with van der Waals surface area (Å²) in [4.78, 5) is 21.4. The summed E-state index contributed by atoms with van der Waals surface area (Å²) in [5.74, 6) is -0.255. The van der Waals surface area contributed by atoms with Crippen LogP contribution < -0.4 is 5.32 Å². The average molecular weight is 461 g/mol. The van der Waals surface area contributed by atoms with E-state index in [1.807, 2.05) is 29.6 Å². The molecule has 4 rings (SSSR count). The highest BCUT2D eigenvalue weighted by Crippen LogP contribution is 2.26. The van der Waals surface area contributed by atoms with Crippen LogP contribution in [0.2, 0.25) is 0 Å². The van der Waals surface area contributed by atoms with Crippen molar-refractivity contribution in [1.82, 2.24) is 19.6 Å². The molecule has 0 atom stereocenters. The van der Waals surface area contributed by atoms with Gasteiger partial charge in [-0.1, -0.05) is 12.1 Å². The van der Waals surface area contributed by atoms with E-state index < -0.39 is 0 Å². The Bertz CT molecular complexity index is 1070. The van der Waals surface area contributed by atoms with Crippen LogP contribution in [0.4, 0.5) is 5.13 Å². The van der Waals surface area contributed by atoms with Crippen LogP contribution in [-0.4, -0.2) is 25.5 Å². The molecule has 0 fully saturated rings. The van der Waals surface area contributed by atoms with E-state index in [0.717, 1.165) is 11.3 Å². The Morgan fingerprint density at radius 3 is 2.88 bits per heavy atom. The zero-order valence-electron chi connectivity index (χ0n) is 13.1. The molecule has 0 aliphatic heterocycles. The van der Waals surface area contributed by atoms with Crippen LogP contribution in [-0.2, 0) is 0 Å². The lowest BCUT2D eigenvalue weighted by molar-refractivity contribution is 0.102. The molecule has 0 radical (unpaired) electrons. The number of hydrogen-bond donors (Lipinski definition) is 1. The molecule has 0 saturated carbocycles. The molecule has 0 unspecified atom stereocenters. The first-order chi connectivity index (χ1) is 12.1. The van der Waals surface area contributed by atoms with E-state index in [2.05, 4.69) is 43.0 Å². The Morgan fingerprint density at radius 2 is 2.08 bits per heavy atom. The first kappa shape index (κ1) is 16.2. The molecule has 0 saturated heterocycles. The summed E-state index contributed by atoms with van der Waals surface area (Å²) in [6, 6.07) is 9.86. The first-order valence-corrected chi connectivity index (χ1v) is 9.40. The molecule has 0 aliphatic rings. The number of benzene rings is 1. The molecular weight excluding hydrogens is 449 g/mol. The number of aryl methyl sites for hydroxylation is 1. The molecule has 124 valence electrons. The maximum Gasteiger partial charge on any atom is 0.263 e. The SMILES string of the molecule is Cc1nn2cccnc2c1C(=O)Nc1nc(-c2ccc(I)cc2)cs1. The lowest BCUT2D eigenvalue weighted by atomic mass is 10.2. The van der Waals surface area contributed by atoms with Gasteiger partial charge in [0.2, 0.25) is 0 Å². The molecule has 1 aromatic carbocycles. The minimum Gasteiger partial charge on any atom is -0.298 e. The van der Waals surface area contributed by atoms with E-state index in [1.54, 1.807) is 29.9 Å². The van der Waals surface area contributed by atoms with Gasteiger partial charge in [0.15, 0.2) is 10.8 Å². The number of rotatable bonds is 3. The zero-order valence-corrected chi connectivity index (χ0v) is 16.1. The summed E-state index contributed by atoms with van der Waals surface area (Å²) < 4.78 is 2.77. The Labute approximate surface area is 161 Å². The third-order valence-electron chi connectivity index (χ3n) is 3.66. The quantitative estimate of drug-likeness (QED) is 0.468. The molecule has 0 bridgehead atoms. The van der Waals surface area contributed by atoms with Crippen molar-refractivity contribution in [1.29, 1.82) is 0 Å². The van der Waals surface area contributed by atoms with E-state index in [4.69, 9.17) is 0 Å². The van der Waals surface area contributed by atoms with Gasteiger partial charge < -0.3 is 0 Å². The van der Waals surface area contributed by atoms with Crippen LogP contribution in [0.25, 0.3) is 16.9 Å². The maximum absolute atomic E-state index is 12.7. The molecule has 1 amide bonds. The van der Waals surface area contributed by atoms with Gasteiger partial charge in [0.25, 0.3) is 5.91 Å². The highest BCUT2D eigenvalue weighted by atomic mass is 127. The Balaban J connectivity index is 1.61. The van der Waals surface area contributed by atoms with Gasteiger partial charge in [-0.05, 0) is 47.7 Å². The van der Waals surface area contributed by atoms with Gasteiger partial charge in [0, 0.05) is 26.9 Å². The highest BCUT2D eigenvalue weighted by Gasteiger charge is 2.19. The van der Waals surface area contributed by atoms with Gasteiger partial charge in [0.1, 0.15) is 5.56 Å². The van der Waals surface area contributed by atoms with E-state index >= 15 is 0 Å². The number of carbonyl (C=O) groups is 1. The summed E-state index contributed by atoms with van der Waals surface area (Å²) in [6.07, 6.45) is 3.41. The number of nitrogens with zero attached hydrogens (tertiary/aromatic N) is 4. The second-order valence-electron chi connectivity index (χ2n) is 5.35. The minimum absolute atomic E-state index is 0.255. The maximum atomic E-state index is 12.7. The van der Waals surface area contributed by atoms with Crippen molar-refractivity contribution in [2.45, 2.75) is 6.92 Å². The Morgan fingerprint density at radius 1 is 1.28 bits per heavy atom. The second-order valence-corrected chi connectivity index (χ2v) is 7.45. The predicted octanol–water partition coefficient (Wildman–Crippen LogP) is 4.02. The van der Waals surface area contributed by atoms with Crippen LogP contribution in [0, 0.1) is 10.5 Å². The number of aromatic nitrogens is 4. The summed E-state index contributed by atoms with van der Waals surface area (Å²) in [7, 11) is 0. The van der Waals surface area contributed by atoms with E-state index in [1.165, 1.54) is 14.9 Å². The van der Waals surface area contributed by atoms with Gasteiger partial charge in [-0.25, -0.2) is 14.5 Å². The minimum atomic E-state index is -0.255. The lowest BCUT2D eigenvalue weighted by Crippen LogP contribution is -2.13. The number of thiazole rings is 1. The highest BCUT2D eigenvalue weighted by molar-refractivity contribution is 14.1. The number of carbonyl (C=O) groups excluding carboxylic acids is 1. The molecule has 4 aromatic rings. The molecular formula is C17H12IN5OS. The smallest absolute Gasteiger partial charge is 0.263 e. The molecule has 1 N–H and O–H groups in total. The standard InChI is InChI=1S/C17H12IN5OS/c1-10-14(15-19-7-2-8-23(15)22-10)16(24)21-17-20-13(9-25-17)11-3-5-12(18)6-4-11/h2-9H,1H3,(H,20,21,24). The van der Waals surface area contributed by atoms with E-state index in [0.29, 0.717) is 22.0 Å². The number of hydrogen-bond acceptors (Lipinski definition) is 5. The number of amides is 1. The van der Waals surface area contributed by atoms with Crippen molar-refractivity contribution in [2.75, 3.05) is 5.32 Å². The zero-order chi connectivity index (χ0) is 17.4. The third-order valence-corrected chi connectivity index (χ3v) is 5.14. The first-order valence-electron chi connectivity index (χ1n) is 7.44. The third kappa shape index (κ3) is 3.14. The largest absolute Gasteiger partial charge is 0.298 e. The summed E-state index contributed by atoms with van der Waals surface area (Å²) >= 11 is 3.66. The molecule has 0 aliphatic carbocycles. The van der Waals surface area contributed by atoms with Gasteiger partial charge in [-0.2, -0.15) is 5.10 Å².